The second-order valence-electron chi connectivity index (χ2n) is 6.36. The van der Waals surface area contributed by atoms with Crippen LogP contribution in [0, 0.1) is 6.92 Å². The third kappa shape index (κ3) is 4.06. The van der Waals surface area contributed by atoms with E-state index < -0.39 is 16.1 Å². The number of amides is 1. The lowest BCUT2D eigenvalue weighted by molar-refractivity contribution is -0.117. The molecule has 1 atom stereocenters. The van der Waals surface area contributed by atoms with Crippen molar-refractivity contribution in [2.24, 2.45) is 0 Å². The van der Waals surface area contributed by atoms with Crippen LogP contribution in [0.25, 0.3) is 0 Å². The summed E-state index contributed by atoms with van der Waals surface area (Å²) in [4.78, 5) is 14.1. The maximum Gasteiger partial charge on any atom is 0.240 e. The van der Waals surface area contributed by atoms with Gasteiger partial charge in [0.25, 0.3) is 0 Å². The van der Waals surface area contributed by atoms with Gasteiger partial charge in [0.05, 0.1) is 19.1 Å². The fourth-order valence-electron chi connectivity index (χ4n) is 3.10. The van der Waals surface area contributed by atoms with Crippen LogP contribution >= 0.6 is 0 Å². The van der Waals surface area contributed by atoms with Crippen LogP contribution in [0.15, 0.2) is 47.4 Å². The van der Waals surface area contributed by atoms with Gasteiger partial charge in [-0.05, 0) is 55.0 Å². The predicted molar refractivity (Wildman–Crippen MR) is 102 cm³/mol. The zero-order valence-corrected chi connectivity index (χ0v) is 16.2. The number of benzene rings is 2. The Labute approximate surface area is 158 Å². The molecule has 1 N–H and O–H groups in total. The Morgan fingerprint density at radius 2 is 1.78 bits per heavy atom. The molecule has 2 aromatic rings. The van der Waals surface area contributed by atoms with Gasteiger partial charge in [0.15, 0.2) is 0 Å². The Morgan fingerprint density at radius 3 is 2.37 bits per heavy atom. The highest BCUT2D eigenvalue weighted by Gasteiger charge is 2.33. The van der Waals surface area contributed by atoms with Crippen LogP contribution in [0.3, 0.4) is 0 Å². The summed E-state index contributed by atoms with van der Waals surface area (Å²) < 4.78 is 38.3. The molecule has 1 aliphatic rings. The van der Waals surface area contributed by atoms with Crippen molar-refractivity contribution >= 4 is 21.6 Å². The molecule has 3 rings (SSSR count). The first kappa shape index (κ1) is 19.2. The van der Waals surface area contributed by atoms with Gasteiger partial charge in [-0.15, -0.1) is 0 Å². The molecule has 1 fully saturated rings. The number of nitrogens with one attached hydrogen (secondary N) is 1. The first-order valence-electron chi connectivity index (χ1n) is 8.45. The van der Waals surface area contributed by atoms with Gasteiger partial charge in [-0.1, -0.05) is 0 Å². The maximum atomic E-state index is 12.7. The van der Waals surface area contributed by atoms with Gasteiger partial charge in [0.1, 0.15) is 11.5 Å². The molecule has 1 amide bonds. The normalized spacial score (nSPS) is 17.2. The first-order chi connectivity index (χ1) is 12.8. The molecule has 1 aliphatic heterocycles. The smallest absolute Gasteiger partial charge is 0.240 e. The van der Waals surface area contributed by atoms with E-state index in [-0.39, 0.29) is 23.8 Å². The molecule has 0 spiro atoms. The van der Waals surface area contributed by atoms with Crippen molar-refractivity contribution < 1.29 is 22.7 Å². The summed E-state index contributed by atoms with van der Waals surface area (Å²) in [6.45, 7) is 2.06. The van der Waals surface area contributed by atoms with E-state index in [0.29, 0.717) is 17.2 Å². The first-order valence-corrected chi connectivity index (χ1v) is 9.94. The molecule has 2 aromatic carbocycles. The van der Waals surface area contributed by atoms with Crippen LogP contribution in [0.5, 0.6) is 11.5 Å². The number of carbonyl (C=O) groups excluding carboxylic acids is 1. The summed E-state index contributed by atoms with van der Waals surface area (Å²) in [5.41, 5.74) is 1.44. The molecule has 1 heterocycles. The lowest BCUT2D eigenvalue weighted by Gasteiger charge is -2.18. The fraction of sp³-hybridized carbons (Fsp3) is 0.316. The van der Waals surface area contributed by atoms with Crippen LogP contribution in [0.2, 0.25) is 0 Å². The van der Waals surface area contributed by atoms with Crippen LogP contribution in [-0.2, 0) is 14.8 Å². The van der Waals surface area contributed by atoms with Crippen LogP contribution in [0.4, 0.5) is 5.69 Å². The minimum atomic E-state index is -3.74. The van der Waals surface area contributed by atoms with Gasteiger partial charge in [-0.2, -0.15) is 0 Å². The van der Waals surface area contributed by atoms with Crippen molar-refractivity contribution in [2.45, 2.75) is 24.3 Å². The zero-order chi connectivity index (χ0) is 19.6. The second kappa shape index (κ2) is 7.58. The zero-order valence-electron chi connectivity index (χ0n) is 15.4. The number of anilines is 1. The van der Waals surface area contributed by atoms with E-state index in [1.54, 1.807) is 55.3 Å². The number of hydrogen-bond acceptors (Lipinski definition) is 5. The Bertz CT molecular complexity index is 941. The largest absolute Gasteiger partial charge is 0.497 e. The third-order valence-electron chi connectivity index (χ3n) is 4.51. The number of carbonyl (C=O) groups is 1. The summed E-state index contributed by atoms with van der Waals surface area (Å²) in [6, 6.07) is 11.3. The van der Waals surface area contributed by atoms with Gasteiger partial charge >= 0.3 is 0 Å². The molecular weight excluding hydrogens is 368 g/mol. The quantitative estimate of drug-likeness (QED) is 0.816. The van der Waals surface area contributed by atoms with Crippen LogP contribution < -0.4 is 19.1 Å². The van der Waals surface area contributed by atoms with Crippen molar-refractivity contribution in [1.29, 1.82) is 0 Å². The SMILES string of the molecule is COc1ccc(N2C[C@@H](NS(=O)(=O)c3ccc(OC)c(C)c3)CC2=O)cc1. The third-order valence-corrected chi connectivity index (χ3v) is 6.03. The van der Waals surface area contributed by atoms with Gasteiger partial charge in [0, 0.05) is 24.7 Å². The number of methoxy groups -OCH3 is 2. The average Bonchev–Trinajstić information content (AvgIpc) is 3.01. The number of rotatable bonds is 6. The molecule has 7 nitrogen and oxygen atoms in total. The highest BCUT2D eigenvalue weighted by Crippen LogP contribution is 2.26. The standard InChI is InChI=1S/C19H22N2O5S/c1-13-10-17(8-9-18(13)26-3)27(23,24)20-14-11-19(22)21(12-14)15-4-6-16(25-2)7-5-15/h4-10,14,20H,11-12H2,1-3H3/t14-/m0/s1. The molecule has 0 saturated carbocycles. The summed E-state index contributed by atoms with van der Waals surface area (Å²) in [5.74, 6) is 1.19. The molecule has 1 saturated heterocycles. The number of nitrogens with zero attached hydrogens (tertiary/aromatic N) is 1. The summed E-state index contributed by atoms with van der Waals surface area (Å²) >= 11 is 0. The minimum Gasteiger partial charge on any atom is -0.497 e. The molecule has 144 valence electrons. The Morgan fingerprint density at radius 1 is 1.07 bits per heavy atom. The molecular formula is C19H22N2O5S. The molecule has 0 unspecified atom stereocenters. The molecule has 27 heavy (non-hydrogen) atoms. The molecule has 0 aromatic heterocycles. The van der Waals surface area contributed by atoms with E-state index in [4.69, 9.17) is 9.47 Å². The average molecular weight is 390 g/mol. The molecule has 0 bridgehead atoms. The summed E-state index contributed by atoms with van der Waals surface area (Å²) in [5, 5.41) is 0. The molecule has 0 radical (unpaired) electrons. The van der Waals surface area contributed by atoms with E-state index in [0.717, 1.165) is 5.56 Å². The number of aryl methyl sites for hydroxylation is 1. The summed E-state index contributed by atoms with van der Waals surface area (Å²) in [7, 11) is -0.630. The fourth-order valence-corrected chi connectivity index (χ4v) is 4.42. The number of hydrogen-bond donors (Lipinski definition) is 1. The topological polar surface area (TPSA) is 84.9 Å². The monoisotopic (exact) mass is 390 g/mol. The van der Waals surface area contributed by atoms with Gasteiger partial charge in [-0.3, -0.25) is 4.79 Å². The van der Waals surface area contributed by atoms with Crippen molar-refractivity contribution in [3.8, 4) is 11.5 Å². The molecule has 8 heteroatoms. The molecule has 0 aliphatic carbocycles. The van der Waals surface area contributed by atoms with Crippen LogP contribution in [0.1, 0.15) is 12.0 Å². The van der Waals surface area contributed by atoms with Crippen molar-refractivity contribution in [3.05, 3.63) is 48.0 Å². The number of sulfonamides is 1. The van der Waals surface area contributed by atoms with Crippen molar-refractivity contribution in [2.75, 3.05) is 25.7 Å². The predicted octanol–water partition coefficient (Wildman–Crippen LogP) is 2.10. The van der Waals surface area contributed by atoms with Crippen LogP contribution in [-0.4, -0.2) is 41.1 Å². The highest BCUT2D eigenvalue weighted by atomic mass is 32.2. The minimum absolute atomic E-state index is 0.112. The Hall–Kier alpha value is -2.58. The Balaban J connectivity index is 1.74. The van der Waals surface area contributed by atoms with Gasteiger partial charge in [0.2, 0.25) is 15.9 Å². The van der Waals surface area contributed by atoms with Crippen molar-refractivity contribution in [3.63, 3.8) is 0 Å². The van der Waals surface area contributed by atoms with Gasteiger partial charge in [-0.25, -0.2) is 13.1 Å². The van der Waals surface area contributed by atoms with Gasteiger partial charge < -0.3 is 14.4 Å². The van der Waals surface area contributed by atoms with E-state index in [2.05, 4.69) is 4.72 Å². The Kier molecular flexibility index (Phi) is 5.38. The second-order valence-corrected chi connectivity index (χ2v) is 8.07. The highest BCUT2D eigenvalue weighted by molar-refractivity contribution is 7.89. The lowest BCUT2D eigenvalue weighted by atomic mass is 10.2. The maximum absolute atomic E-state index is 12.7. The van der Waals surface area contributed by atoms with Crippen molar-refractivity contribution in [1.82, 2.24) is 4.72 Å². The van der Waals surface area contributed by atoms with E-state index in [1.807, 2.05) is 0 Å². The van der Waals surface area contributed by atoms with E-state index >= 15 is 0 Å². The summed E-state index contributed by atoms with van der Waals surface area (Å²) in [6.07, 6.45) is 0.112. The van der Waals surface area contributed by atoms with E-state index in [9.17, 15) is 13.2 Å². The lowest BCUT2D eigenvalue weighted by Crippen LogP contribution is -2.37. The van der Waals surface area contributed by atoms with E-state index in [1.165, 1.54) is 13.2 Å². The number of ether oxygens (including phenoxy) is 2.